The second-order valence-corrected chi connectivity index (χ2v) is 7.85. The van der Waals surface area contributed by atoms with Crippen molar-refractivity contribution < 1.29 is 5.11 Å². The topological polar surface area (TPSA) is 45.0 Å². The van der Waals surface area contributed by atoms with Crippen molar-refractivity contribution >= 4 is 32.8 Å². The fraction of sp³-hybridized carbons (Fsp3) is 0.846. The van der Waals surface area contributed by atoms with Crippen LogP contribution in [0.5, 0.6) is 0 Å². The van der Waals surface area contributed by atoms with E-state index in [1.807, 2.05) is 17.0 Å². The SMILES string of the molecule is CCC1C=NN=C(SSC2(CO)CCCC2)CC1. The summed E-state index contributed by atoms with van der Waals surface area (Å²) >= 11 is 0. The van der Waals surface area contributed by atoms with Gasteiger partial charge in [-0.05, 0) is 48.8 Å². The van der Waals surface area contributed by atoms with Crippen molar-refractivity contribution in [2.24, 2.45) is 16.1 Å². The normalized spacial score (nSPS) is 27.0. The lowest BCUT2D eigenvalue weighted by Crippen LogP contribution is -2.24. The number of aliphatic hydroxyl groups excluding tert-OH is 1. The number of nitrogens with zero attached hydrogens (tertiary/aromatic N) is 2. The molecule has 102 valence electrons. The molecule has 1 aliphatic carbocycles. The van der Waals surface area contributed by atoms with Gasteiger partial charge in [0.1, 0.15) is 5.04 Å². The van der Waals surface area contributed by atoms with E-state index in [0.29, 0.717) is 12.5 Å². The monoisotopic (exact) mass is 286 g/mol. The third kappa shape index (κ3) is 3.75. The van der Waals surface area contributed by atoms with Gasteiger partial charge in [0.15, 0.2) is 0 Å². The van der Waals surface area contributed by atoms with E-state index in [4.69, 9.17) is 0 Å². The molecule has 1 unspecified atom stereocenters. The van der Waals surface area contributed by atoms with Crippen molar-refractivity contribution in [3.63, 3.8) is 0 Å². The fourth-order valence-electron chi connectivity index (χ4n) is 2.42. The predicted molar refractivity (Wildman–Crippen MR) is 82.4 cm³/mol. The zero-order valence-corrected chi connectivity index (χ0v) is 12.6. The highest BCUT2D eigenvalue weighted by Crippen LogP contribution is 2.47. The first-order valence-corrected chi connectivity index (χ1v) is 8.99. The second kappa shape index (κ2) is 6.96. The van der Waals surface area contributed by atoms with Crippen LogP contribution in [0.2, 0.25) is 0 Å². The minimum atomic E-state index is 0.0767. The Morgan fingerprint density at radius 2 is 2.22 bits per heavy atom. The summed E-state index contributed by atoms with van der Waals surface area (Å²) in [7, 11) is 3.55. The third-order valence-electron chi connectivity index (χ3n) is 3.82. The van der Waals surface area contributed by atoms with Gasteiger partial charge in [-0.2, -0.15) is 5.10 Å². The maximum absolute atomic E-state index is 9.58. The van der Waals surface area contributed by atoms with E-state index in [-0.39, 0.29) is 4.75 Å². The minimum Gasteiger partial charge on any atom is -0.395 e. The van der Waals surface area contributed by atoms with E-state index in [0.717, 1.165) is 37.1 Å². The highest BCUT2D eigenvalue weighted by Gasteiger charge is 2.34. The van der Waals surface area contributed by atoms with E-state index in [1.165, 1.54) is 12.8 Å². The molecular weight excluding hydrogens is 264 g/mol. The Balaban J connectivity index is 1.83. The zero-order valence-electron chi connectivity index (χ0n) is 11.0. The summed E-state index contributed by atoms with van der Waals surface area (Å²) in [6.45, 7) is 2.49. The van der Waals surface area contributed by atoms with Crippen LogP contribution in [0.15, 0.2) is 10.2 Å². The van der Waals surface area contributed by atoms with Crippen LogP contribution in [-0.4, -0.2) is 27.7 Å². The van der Waals surface area contributed by atoms with Gasteiger partial charge in [0.25, 0.3) is 0 Å². The Labute approximate surface area is 117 Å². The van der Waals surface area contributed by atoms with Crippen molar-refractivity contribution in [1.29, 1.82) is 0 Å². The molecule has 1 N–H and O–H groups in total. The molecule has 0 spiro atoms. The van der Waals surface area contributed by atoms with Crippen LogP contribution in [0.1, 0.15) is 51.9 Å². The molecule has 1 saturated carbocycles. The van der Waals surface area contributed by atoms with Crippen LogP contribution in [-0.2, 0) is 0 Å². The molecule has 5 heteroatoms. The van der Waals surface area contributed by atoms with Crippen molar-refractivity contribution in [3.8, 4) is 0 Å². The van der Waals surface area contributed by atoms with Gasteiger partial charge in [-0.15, -0.1) is 5.10 Å². The molecule has 1 heterocycles. The highest BCUT2D eigenvalue weighted by molar-refractivity contribution is 8.82. The van der Waals surface area contributed by atoms with E-state index in [2.05, 4.69) is 17.1 Å². The van der Waals surface area contributed by atoms with Gasteiger partial charge in [-0.25, -0.2) is 0 Å². The Kier molecular flexibility index (Phi) is 5.57. The number of hydrogen-bond donors (Lipinski definition) is 1. The summed E-state index contributed by atoms with van der Waals surface area (Å²) in [6.07, 6.45) is 10.1. The smallest absolute Gasteiger partial charge is 0.106 e. The van der Waals surface area contributed by atoms with Crippen molar-refractivity contribution in [2.75, 3.05) is 6.61 Å². The Morgan fingerprint density at radius 3 is 2.89 bits per heavy atom. The fourth-order valence-corrected chi connectivity index (χ4v) is 5.31. The second-order valence-electron chi connectivity index (χ2n) is 5.18. The largest absolute Gasteiger partial charge is 0.395 e. The first kappa shape index (κ1) is 14.4. The lowest BCUT2D eigenvalue weighted by molar-refractivity contribution is 0.250. The van der Waals surface area contributed by atoms with Gasteiger partial charge in [-0.3, -0.25) is 0 Å². The van der Waals surface area contributed by atoms with E-state index >= 15 is 0 Å². The van der Waals surface area contributed by atoms with Crippen molar-refractivity contribution in [2.45, 2.75) is 56.6 Å². The summed E-state index contributed by atoms with van der Waals surface area (Å²) < 4.78 is 0.0767. The average molecular weight is 286 g/mol. The number of aliphatic hydroxyl groups is 1. The molecule has 0 bridgehead atoms. The van der Waals surface area contributed by atoms with Gasteiger partial charge >= 0.3 is 0 Å². The molecule has 0 aromatic rings. The molecule has 1 fully saturated rings. The summed E-state index contributed by atoms with van der Waals surface area (Å²) in [4.78, 5) is 0. The van der Waals surface area contributed by atoms with Gasteiger partial charge in [-0.1, -0.05) is 30.6 Å². The van der Waals surface area contributed by atoms with Crippen LogP contribution in [0, 0.1) is 5.92 Å². The standard InChI is InChI=1S/C13H22N2OS2/c1-2-11-5-6-12(15-14-9-11)17-18-13(10-16)7-3-4-8-13/h9,11,16H,2-8,10H2,1H3. The highest BCUT2D eigenvalue weighted by atomic mass is 33.1. The van der Waals surface area contributed by atoms with Gasteiger partial charge in [0.05, 0.1) is 6.61 Å². The van der Waals surface area contributed by atoms with Gasteiger partial charge < -0.3 is 5.11 Å². The van der Waals surface area contributed by atoms with Crippen LogP contribution in [0.3, 0.4) is 0 Å². The lowest BCUT2D eigenvalue weighted by atomic mass is 10.0. The van der Waals surface area contributed by atoms with Crippen LogP contribution < -0.4 is 0 Å². The summed E-state index contributed by atoms with van der Waals surface area (Å²) in [5.74, 6) is 0.579. The summed E-state index contributed by atoms with van der Waals surface area (Å²) in [5.41, 5.74) is 0. The van der Waals surface area contributed by atoms with E-state index < -0.39 is 0 Å². The first-order chi connectivity index (χ1) is 8.78. The third-order valence-corrected chi connectivity index (χ3v) is 7.16. The molecule has 0 aromatic carbocycles. The molecule has 0 saturated heterocycles. The number of rotatable bonds is 4. The van der Waals surface area contributed by atoms with Crippen molar-refractivity contribution in [3.05, 3.63) is 0 Å². The first-order valence-electron chi connectivity index (χ1n) is 6.84. The van der Waals surface area contributed by atoms with Gasteiger partial charge in [0.2, 0.25) is 0 Å². The Morgan fingerprint density at radius 1 is 1.44 bits per heavy atom. The molecule has 0 amide bonds. The molecule has 1 aliphatic heterocycles. The molecule has 2 rings (SSSR count). The minimum absolute atomic E-state index is 0.0767. The van der Waals surface area contributed by atoms with Crippen LogP contribution in [0.4, 0.5) is 0 Å². The summed E-state index contributed by atoms with van der Waals surface area (Å²) in [5, 5.41) is 19.2. The van der Waals surface area contributed by atoms with E-state index in [1.54, 1.807) is 10.8 Å². The molecule has 3 nitrogen and oxygen atoms in total. The average Bonchev–Trinajstić information content (AvgIpc) is 2.76. The van der Waals surface area contributed by atoms with Crippen molar-refractivity contribution in [1.82, 2.24) is 0 Å². The molecule has 2 aliphatic rings. The maximum Gasteiger partial charge on any atom is 0.106 e. The molecule has 0 radical (unpaired) electrons. The lowest BCUT2D eigenvalue weighted by Gasteiger charge is -2.24. The molecule has 18 heavy (non-hydrogen) atoms. The molecule has 1 atom stereocenters. The van der Waals surface area contributed by atoms with E-state index in [9.17, 15) is 5.11 Å². The van der Waals surface area contributed by atoms with Gasteiger partial charge in [0, 0.05) is 11.0 Å². The maximum atomic E-state index is 9.58. The predicted octanol–water partition coefficient (Wildman–Crippen LogP) is 3.88. The Hall–Kier alpha value is -0.0000000000000000763. The molecular formula is C13H22N2OS2. The Bertz CT molecular complexity index is 325. The van der Waals surface area contributed by atoms with Crippen LogP contribution >= 0.6 is 21.6 Å². The quantitative estimate of drug-likeness (QED) is 0.798. The zero-order chi connectivity index (χ0) is 12.8. The summed E-state index contributed by atoms with van der Waals surface area (Å²) in [6, 6.07) is 0. The molecule has 0 aromatic heterocycles. The van der Waals surface area contributed by atoms with Crippen LogP contribution in [0.25, 0.3) is 0 Å². The number of hydrogen-bond acceptors (Lipinski definition) is 5.